The van der Waals surface area contributed by atoms with Crippen molar-refractivity contribution in [1.29, 1.82) is 0 Å². The molecule has 3 rings (SSSR count). The molecule has 0 radical (unpaired) electrons. The summed E-state index contributed by atoms with van der Waals surface area (Å²) in [5, 5.41) is 6.60. The van der Waals surface area contributed by atoms with Gasteiger partial charge in [-0.1, -0.05) is 17.7 Å². The van der Waals surface area contributed by atoms with Gasteiger partial charge in [-0.05, 0) is 12.1 Å². The van der Waals surface area contributed by atoms with Gasteiger partial charge in [0.25, 0.3) is 0 Å². The second kappa shape index (κ2) is 5.01. The summed E-state index contributed by atoms with van der Waals surface area (Å²) >= 11 is 5.79. The second-order valence-corrected chi connectivity index (χ2v) is 4.29. The van der Waals surface area contributed by atoms with Crippen LogP contribution in [0.2, 0.25) is 5.02 Å². The van der Waals surface area contributed by atoms with Crippen LogP contribution in [0.15, 0.2) is 30.6 Å². The maximum Gasteiger partial charge on any atom is 0.387 e. The molecule has 0 aliphatic heterocycles. The molecule has 0 fully saturated rings. The highest BCUT2D eigenvalue weighted by atomic mass is 35.5. The third-order valence-electron chi connectivity index (χ3n) is 2.60. The first-order valence-corrected chi connectivity index (χ1v) is 5.92. The van der Waals surface area contributed by atoms with Crippen molar-refractivity contribution in [1.82, 2.24) is 20.2 Å². The van der Waals surface area contributed by atoms with E-state index in [1.165, 1.54) is 18.3 Å². The number of hydrogen-bond acceptors (Lipinski definition) is 4. The van der Waals surface area contributed by atoms with Gasteiger partial charge in [0, 0.05) is 5.56 Å². The molecule has 2 heterocycles. The fraction of sp³-hybridized carbons (Fsp3) is 0.0833. The molecule has 0 bridgehead atoms. The molecule has 5 nitrogen and oxygen atoms in total. The molecule has 8 heteroatoms. The summed E-state index contributed by atoms with van der Waals surface area (Å²) in [5.41, 5.74) is 2.19. The Kier molecular flexibility index (Phi) is 3.19. The predicted octanol–water partition coefficient (Wildman–Crippen LogP) is 3.27. The Morgan fingerprint density at radius 3 is 2.90 bits per heavy atom. The molecule has 102 valence electrons. The number of alkyl halides is 2. The first-order valence-electron chi connectivity index (χ1n) is 5.54. The zero-order chi connectivity index (χ0) is 14.1. The highest BCUT2D eigenvalue weighted by molar-refractivity contribution is 6.32. The van der Waals surface area contributed by atoms with Gasteiger partial charge in [-0.15, -0.1) is 0 Å². The van der Waals surface area contributed by atoms with Crippen LogP contribution in [0.5, 0.6) is 5.75 Å². The van der Waals surface area contributed by atoms with Gasteiger partial charge in [0.15, 0.2) is 5.65 Å². The van der Waals surface area contributed by atoms with Gasteiger partial charge in [0.2, 0.25) is 0 Å². The maximum absolute atomic E-state index is 12.3. The van der Waals surface area contributed by atoms with Crippen molar-refractivity contribution >= 4 is 22.8 Å². The molecular weight excluding hydrogens is 290 g/mol. The monoisotopic (exact) mass is 296 g/mol. The fourth-order valence-electron chi connectivity index (χ4n) is 1.72. The van der Waals surface area contributed by atoms with Crippen LogP contribution in [0.3, 0.4) is 0 Å². The van der Waals surface area contributed by atoms with E-state index < -0.39 is 6.61 Å². The molecule has 0 unspecified atom stereocenters. The van der Waals surface area contributed by atoms with Crippen molar-refractivity contribution in [2.75, 3.05) is 0 Å². The fourth-order valence-corrected chi connectivity index (χ4v) is 1.88. The lowest BCUT2D eigenvalue weighted by atomic mass is 10.1. The van der Waals surface area contributed by atoms with Gasteiger partial charge in [0.05, 0.1) is 23.1 Å². The normalized spacial score (nSPS) is 11.2. The quantitative estimate of drug-likeness (QED) is 0.805. The average Bonchev–Trinajstić information content (AvgIpc) is 2.88. The minimum absolute atomic E-state index is 0.102. The third-order valence-corrected chi connectivity index (χ3v) is 2.91. The van der Waals surface area contributed by atoms with E-state index in [-0.39, 0.29) is 10.8 Å². The Labute approximate surface area is 116 Å². The topological polar surface area (TPSA) is 63.7 Å². The van der Waals surface area contributed by atoms with Crippen molar-refractivity contribution in [2.24, 2.45) is 0 Å². The number of aromatic amines is 1. The highest BCUT2D eigenvalue weighted by Gasteiger charge is 2.11. The van der Waals surface area contributed by atoms with Crippen molar-refractivity contribution in [2.45, 2.75) is 6.61 Å². The van der Waals surface area contributed by atoms with Gasteiger partial charge in [-0.25, -0.2) is 9.97 Å². The van der Waals surface area contributed by atoms with Gasteiger partial charge >= 0.3 is 6.61 Å². The van der Waals surface area contributed by atoms with Crippen molar-refractivity contribution < 1.29 is 13.5 Å². The van der Waals surface area contributed by atoms with E-state index in [9.17, 15) is 8.78 Å². The Bertz CT molecular complexity index is 762. The number of fused-ring (bicyclic) bond motifs is 1. The molecule has 0 amide bonds. The predicted molar refractivity (Wildman–Crippen MR) is 68.8 cm³/mol. The number of hydrogen-bond donors (Lipinski definition) is 1. The third kappa shape index (κ3) is 2.39. The van der Waals surface area contributed by atoms with E-state index in [2.05, 4.69) is 24.9 Å². The van der Waals surface area contributed by atoms with Gasteiger partial charge in [0.1, 0.15) is 11.3 Å². The molecule has 1 aromatic carbocycles. The van der Waals surface area contributed by atoms with E-state index in [4.69, 9.17) is 11.6 Å². The molecule has 3 aromatic rings. The largest absolute Gasteiger partial charge is 0.433 e. The van der Waals surface area contributed by atoms with E-state index in [0.717, 1.165) is 0 Å². The van der Waals surface area contributed by atoms with Gasteiger partial charge in [-0.2, -0.15) is 13.9 Å². The van der Waals surface area contributed by atoms with Crippen LogP contribution in [0.1, 0.15) is 0 Å². The maximum atomic E-state index is 12.3. The van der Waals surface area contributed by atoms with Crippen molar-refractivity contribution in [3.05, 3.63) is 35.6 Å². The summed E-state index contributed by atoms with van der Waals surface area (Å²) in [7, 11) is 0. The SMILES string of the molecule is FC(F)Oc1cc(-c2cnc3cn[nH]c3n2)ccc1Cl. The van der Waals surface area contributed by atoms with E-state index in [1.54, 1.807) is 12.3 Å². The van der Waals surface area contributed by atoms with Gasteiger partial charge in [-0.3, -0.25) is 5.10 Å². The number of ether oxygens (including phenoxy) is 1. The molecular formula is C12H7ClF2N4O. The standard InChI is InChI=1S/C12H7ClF2N4O/c13-7-2-1-6(3-10(7)20-12(14)15)8-4-16-9-5-17-19-11(9)18-8/h1-5,12H,(H,17,18,19). The number of nitrogens with zero attached hydrogens (tertiary/aromatic N) is 3. The molecule has 0 aliphatic rings. The van der Waals surface area contributed by atoms with Crippen molar-refractivity contribution in [3.8, 4) is 17.0 Å². The van der Waals surface area contributed by atoms with Gasteiger partial charge < -0.3 is 4.74 Å². The van der Waals surface area contributed by atoms with E-state index in [1.807, 2.05) is 0 Å². The van der Waals surface area contributed by atoms with Crippen LogP contribution < -0.4 is 4.74 Å². The zero-order valence-electron chi connectivity index (χ0n) is 9.85. The zero-order valence-corrected chi connectivity index (χ0v) is 10.6. The minimum Gasteiger partial charge on any atom is -0.433 e. The lowest BCUT2D eigenvalue weighted by molar-refractivity contribution is -0.0497. The summed E-state index contributed by atoms with van der Waals surface area (Å²) in [6.45, 7) is -2.94. The smallest absolute Gasteiger partial charge is 0.387 e. The molecule has 20 heavy (non-hydrogen) atoms. The molecule has 0 spiro atoms. The number of benzene rings is 1. The Balaban J connectivity index is 2.04. The Hall–Kier alpha value is -2.28. The Morgan fingerprint density at radius 1 is 1.25 bits per heavy atom. The van der Waals surface area contributed by atoms with Crippen molar-refractivity contribution in [3.63, 3.8) is 0 Å². The molecule has 1 N–H and O–H groups in total. The average molecular weight is 297 g/mol. The molecule has 0 atom stereocenters. The first kappa shape index (κ1) is 12.7. The first-order chi connectivity index (χ1) is 9.63. The van der Waals surface area contributed by atoms with Crippen LogP contribution in [0.4, 0.5) is 8.78 Å². The number of H-pyrrole nitrogens is 1. The van der Waals surface area contributed by atoms with Crippen LogP contribution in [-0.4, -0.2) is 26.8 Å². The second-order valence-electron chi connectivity index (χ2n) is 3.88. The van der Waals surface area contributed by atoms with E-state index >= 15 is 0 Å². The summed E-state index contributed by atoms with van der Waals surface area (Å²) < 4.78 is 28.9. The van der Waals surface area contributed by atoms with Crippen LogP contribution in [0, 0.1) is 0 Å². The summed E-state index contributed by atoms with van der Waals surface area (Å²) in [4.78, 5) is 8.44. The lowest BCUT2D eigenvalue weighted by Gasteiger charge is -2.08. The minimum atomic E-state index is -2.94. The number of halogens is 3. The number of nitrogens with one attached hydrogen (secondary N) is 1. The molecule has 0 aliphatic carbocycles. The molecule has 0 saturated carbocycles. The van der Waals surface area contributed by atoms with Crippen LogP contribution >= 0.6 is 11.6 Å². The Morgan fingerprint density at radius 2 is 2.10 bits per heavy atom. The summed E-state index contributed by atoms with van der Waals surface area (Å²) in [5.74, 6) is -0.106. The lowest BCUT2D eigenvalue weighted by Crippen LogP contribution is -2.02. The van der Waals surface area contributed by atoms with Crippen LogP contribution in [0.25, 0.3) is 22.4 Å². The molecule has 0 saturated heterocycles. The molecule has 2 aromatic heterocycles. The number of aromatic nitrogens is 4. The number of rotatable bonds is 3. The van der Waals surface area contributed by atoms with E-state index in [0.29, 0.717) is 22.4 Å². The summed E-state index contributed by atoms with van der Waals surface area (Å²) in [6, 6.07) is 4.50. The van der Waals surface area contributed by atoms with Crippen LogP contribution in [-0.2, 0) is 0 Å². The summed E-state index contributed by atoms with van der Waals surface area (Å²) in [6.07, 6.45) is 3.06. The highest BCUT2D eigenvalue weighted by Crippen LogP contribution is 2.31.